The van der Waals surface area contributed by atoms with Gasteiger partial charge in [-0.15, -0.1) is 13.2 Å². The van der Waals surface area contributed by atoms with Crippen LogP contribution in [0, 0.1) is 11.3 Å². The molecule has 0 aromatic rings. The summed E-state index contributed by atoms with van der Waals surface area (Å²) in [6.45, 7) is 15.9. The molecule has 1 aliphatic rings. The van der Waals surface area contributed by atoms with Crippen molar-refractivity contribution in [2.45, 2.75) is 77.9 Å². The van der Waals surface area contributed by atoms with Crippen LogP contribution in [-0.4, -0.2) is 62.1 Å². The summed E-state index contributed by atoms with van der Waals surface area (Å²) in [5.41, 5.74) is -0.238. The van der Waals surface area contributed by atoms with E-state index in [1.165, 1.54) is 7.11 Å². The van der Waals surface area contributed by atoms with Gasteiger partial charge in [0.15, 0.2) is 0 Å². The molecule has 1 unspecified atom stereocenters. The van der Waals surface area contributed by atoms with Gasteiger partial charge >= 0.3 is 11.9 Å². The van der Waals surface area contributed by atoms with Crippen LogP contribution in [0.3, 0.4) is 0 Å². The Morgan fingerprint density at radius 2 is 1.58 bits per heavy atom. The van der Waals surface area contributed by atoms with Crippen molar-refractivity contribution in [2.24, 2.45) is 11.3 Å². The van der Waals surface area contributed by atoms with E-state index in [1.807, 2.05) is 6.92 Å². The number of carbonyl (C=O) groups is 2. The zero-order chi connectivity index (χ0) is 20.5. The third-order valence-electron chi connectivity index (χ3n) is 6.75. The molecule has 0 bridgehead atoms. The molecule has 5 nitrogen and oxygen atoms in total. The molecule has 1 aliphatic heterocycles. The van der Waals surface area contributed by atoms with Crippen molar-refractivity contribution in [1.82, 2.24) is 0 Å². The molecule has 1 fully saturated rings. The highest BCUT2D eigenvalue weighted by Gasteiger charge is 2.56. The molecule has 0 aromatic heterocycles. The summed E-state index contributed by atoms with van der Waals surface area (Å²) < 4.78 is 16.7. The lowest BCUT2D eigenvalue weighted by molar-refractivity contribution is -0.160. The van der Waals surface area contributed by atoms with Crippen LogP contribution in [0.1, 0.15) is 54.4 Å². The quantitative estimate of drug-likeness (QED) is 0.490. The molecule has 0 aromatic carbocycles. The zero-order valence-electron chi connectivity index (χ0n) is 17.9. The normalized spacial score (nSPS) is 27.3. The monoisotopic (exact) mass is 388 g/mol. The lowest BCUT2D eigenvalue weighted by Crippen LogP contribution is -2.52. The first kappa shape index (κ1) is 23.2. The maximum absolute atomic E-state index is 12.3. The smallest absolute Gasteiger partial charge is 0.306 e. The summed E-state index contributed by atoms with van der Waals surface area (Å²) in [6.07, 6.45) is 3.96. The Morgan fingerprint density at radius 3 is 2.04 bits per heavy atom. The lowest BCUT2D eigenvalue weighted by atomic mass is 9.72. The summed E-state index contributed by atoms with van der Waals surface area (Å²) >= 11 is 0. The van der Waals surface area contributed by atoms with Gasteiger partial charge in [0.1, 0.15) is 12.2 Å². The molecule has 0 N–H and O–H groups in total. The molecule has 26 heavy (non-hydrogen) atoms. The van der Waals surface area contributed by atoms with Gasteiger partial charge in [0.25, 0.3) is 0 Å². The largest absolute Gasteiger partial charge is 0.469 e. The SMILES string of the molecule is C=P(C)(C)C(C)(C)C(C)(C)C1O[C@@H](C)[C@H](C)[C@@H]1OC(=O)CCC(=O)OC. The van der Waals surface area contributed by atoms with Crippen molar-refractivity contribution in [3.63, 3.8) is 0 Å². The van der Waals surface area contributed by atoms with E-state index < -0.39 is 12.9 Å². The maximum atomic E-state index is 12.3. The Labute approximate surface area is 159 Å². The minimum absolute atomic E-state index is 0.000238. The molecular weight excluding hydrogens is 351 g/mol. The molecule has 6 heteroatoms. The molecule has 0 radical (unpaired) electrons. The molecular formula is C20H37O5P. The number of esters is 2. The Bertz CT molecular complexity index is 575. The van der Waals surface area contributed by atoms with Gasteiger partial charge < -0.3 is 14.2 Å². The third-order valence-corrected chi connectivity index (χ3v) is 10.4. The fourth-order valence-electron chi connectivity index (χ4n) is 3.37. The lowest BCUT2D eigenvalue weighted by Gasteiger charge is -2.51. The van der Waals surface area contributed by atoms with Gasteiger partial charge in [-0.05, 0) is 25.4 Å². The first-order chi connectivity index (χ1) is 11.7. The zero-order valence-corrected chi connectivity index (χ0v) is 18.8. The fraction of sp³-hybridized carbons (Fsp3) is 0.850. The van der Waals surface area contributed by atoms with Gasteiger partial charge in [-0.25, -0.2) is 0 Å². The summed E-state index contributed by atoms with van der Waals surface area (Å²) in [7, 11) is 1.31. The van der Waals surface area contributed by atoms with Gasteiger partial charge in [-0.2, -0.15) is 0 Å². The average Bonchev–Trinajstić information content (AvgIpc) is 2.80. The number of carbonyl (C=O) groups excluding carboxylic acids is 2. The summed E-state index contributed by atoms with van der Waals surface area (Å²) in [4.78, 5) is 23.6. The van der Waals surface area contributed by atoms with E-state index in [0.717, 1.165) is 0 Å². The number of rotatable bonds is 7. The van der Waals surface area contributed by atoms with Crippen LogP contribution in [0.5, 0.6) is 0 Å². The van der Waals surface area contributed by atoms with Crippen LogP contribution >= 0.6 is 6.89 Å². The van der Waals surface area contributed by atoms with Crippen molar-refractivity contribution >= 4 is 25.1 Å². The Balaban J connectivity index is 3.04. The topological polar surface area (TPSA) is 61.8 Å². The van der Waals surface area contributed by atoms with Crippen LogP contribution < -0.4 is 0 Å². The minimum Gasteiger partial charge on any atom is -0.469 e. The molecule has 0 amide bonds. The van der Waals surface area contributed by atoms with Gasteiger partial charge in [0.05, 0.1) is 26.1 Å². The van der Waals surface area contributed by atoms with Gasteiger partial charge in [0, 0.05) is 11.3 Å². The first-order valence-corrected chi connectivity index (χ1v) is 12.1. The fourth-order valence-corrected chi connectivity index (χ4v) is 5.06. The van der Waals surface area contributed by atoms with Crippen molar-refractivity contribution in [3.8, 4) is 0 Å². The van der Waals surface area contributed by atoms with Gasteiger partial charge in [-0.3, -0.25) is 9.59 Å². The second-order valence-electron chi connectivity index (χ2n) is 9.12. The number of ether oxygens (including phenoxy) is 3. The molecule has 0 aliphatic carbocycles. The van der Waals surface area contributed by atoms with E-state index in [-0.39, 0.29) is 53.6 Å². The van der Waals surface area contributed by atoms with Crippen LogP contribution in [0.4, 0.5) is 0 Å². The highest BCUT2D eigenvalue weighted by atomic mass is 31.2. The first-order valence-electron chi connectivity index (χ1n) is 9.27. The van der Waals surface area contributed by atoms with E-state index in [4.69, 9.17) is 9.47 Å². The van der Waals surface area contributed by atoms with E-state index >= 15 is 0 Å². The number of methoxy groups -OCH3 is 1. The Hall–Kier alpha value is -0.800. The van der Waals surface area contributed by atoms with Crippen molar-refractivity contribution < 1.29 is 23.8 Å². The maximum Gasteiger partial charge on any atom is 0.306 e. The van der Waals surface area contributed by atoms with Crippen LogP contribution in [0.15, 0.2) is 0 Å². The molecule has 1 rings (SSSR count). The van der Waals surface area contributed by atoms with E-state index in [1.54, 1.807) is 0 Å². The van der Waals surface area contributed by atoms with E-state index in [2.05, 4.69) is 59.0 Å². The highest BCUT2D eigenvalue weighted by Crippen LogP contribution is 2.62. The van der Waals surface area contributed by atoms with Crippen molar-refractivity contribution in [2.75, 3.05) is 20.4 Å². The van der Waals surface area contributed by atoms with Crippen LogP contribution in [0.2, 0.25) is 0 Å². The predicted octanol–water partition coefficient (Wildman–Crippen LogP) is 3.79. The number of hydrogen-bond donors (Lipinski definition) is 0. The molecule has 1 saturated heterocycles. The van der Waals surface area contributed by atoms with Crippen molar-refractivity contribution in [3.05, 3.63) is 0 Å². The van der Waals surface area contributed by atoms with Crippen molar-refractivity contribution in [1.29, 1.82) is 0 Å². The summed E-state index contributed by atoms with van der Waals surface area (Å²) in [5, 5.41) is -0.0644. The standard InChI is InChI=1S/C20H37O5P/c1-13-14(2)24-18(19(3,4)20(5,6)26(8,9)10)17(13)25-16(22)12-11-15(21)23-7/h13-14,17-18H,8,11-12H2,1-7,9-10H3/t13-,14-,17-,18?/m0/s1. The second kappa shape index (κ2) is 8.06. The summed E-state index contributed by atoms with van der Waals surface area (Å²) in [6, 6.07) is 0. The molecule has 152 valence electrons. The van der Waals surface area contributed by atoms with Gasteiger partial charge in [-0.1, -0.05) is 34.6 Å². The molecule has 0 spiro atoms. The third kappa shape index (κ3) is 4.54. The molecule has 1 heterocycles. The van der Waals surface area contributed by atoms with E-state index in [0.29, 0.717) is 0 Å². The predicted molar refractivity (Wildman–Crippen MR) is 108 cm³/mol. The van der Waals surface area contributed by atoms with Crippen LogP contribution in [-0.2, 0) is 23.8 Å². The Kier molecular flexibility index (Phi) is 7.20. The second-order valence-corrected chi connectivity index (χ2v) is 13.6. The number of hydrogen-bond acceptors (Lipinski definition) is 5. The van der Waals surface area contributed by atoms with E-state index in [9.17, 15) is 9.59 Å². The molecule has 0 saturated carbocycles. The summed E-state index contributed by atoms with van der Waals surface area (Å²) in [5.74, 6) is -0.705. The minimum atomic E-state index is -1.45. The highest BCUT2D eigenvalue weighted by molar-refractivity contribution is 7.73. The Morgan fingerprint density at radius 1 is 1.08 bits per heavy atom. The molecule has 4 atom stereocenters. The average molecular weight is 388 g/mol. The van der Waals surface area contributed by atoms with Crippen LogP contribution in [0.25, 0.3) is 0 Å². The van der Waals surface area contributed by atoms with Gasteiger partial charge in [0.2, 0.25) is 0 Å².